The Bertz CT molecular complexity index is 1080. The zero-order valence-corrected chi connectivity index (χ0v) is 15.0. The number of aromatic nitrogens is 3. The minimum atomic E-state index is -0.539. The summed E-state index contributed by atoms with van der Waals surface area (Å²) in [5, 5.41) is 0. The van der Waals surface area contributed by atoms with E-state index in [9.17, 15) is 4.79 Å². The van der Waals surface area contributed by atoms with Gasteiger partial charge in [-0.05, 0) is 55.5 Å². The van der Waals surface area contributed by atoms with Gasteiger partial charge < -0.3 is 5.73 Å². The zero-order chi connectivity index (χ0) is 18.5. The van der Waals surface area contributed by atoms with Gasteiger partial charge >= 0.3 is 0 Å². The third-order valence-electron chi connectivity index (χ3n) is 5.25. The first-order valence-electron chi connectivity index (χ1n) is 9.14. The standard InChI is InChI=1S/C21H19N5O/c1-12-20-19(21(22)27)24-11-26(20)17-8-7-14(13-5-6-13)10-15(17)18(25-12)16-4-2-3-9-23-16/h2-4,7-13H,5-6H2,1H3,(H2,22,27)/t12-/m1/s1. The molecular formula is C21H19N5O. The fourth-order valence-electron chi connectivity index (χ4n) is 3.79. The number of pyridine rings is 1. The molecule has 1 aliphatic heterocycles. The number of benzene rings is 1. The van der Waals surface area contributed by atoms with Crippen molar-refractivity contribution in [3.05, 3.63) is 77.1 Å². The summed E-state index contributed by atoms with van der Waals surface area (Å²) in [6.07, 6.45) is 5.90. The van der Waals surface area contributed by atoms with Gasteiger partial charge in [0.2, 0.25) is 0 Å². The molecule has 0 spiro atoms. The van der Waals surface area contributed by atoms with E-state index in [0.717, 1.165) is 22.7 Å². The van der Waals surface area contributed by atoms with Gasteiger partial charge in [0.25, 0.3) is 5.91 Å². The van der Waals surface area contributed by atoms with Crippen molar-refractivity contribution in [1.82, 2.24) is 14.5 Å². The molecule has 0 saturated heterocycles. The van der Waals surface area contributed by atoms with Gasteiger partial charge in [-0.15, -0.1) is 0 Å². The summed E-state index contributed by atoms with van der Waals surface area (Å²) in [7, 11) is 0. The van der Waals surface area contributed by atoms with Crippen LogP contribution in [-0.2, 0) is 0 Å². The molecule has 2 aliphatic rings. The Labute approximate surface area is 156 Å². The summed E-state index contributed by atoms with van der Waals surface area (Å²) in [5.74, 6) is 0.0904. The Morgan fingerprint density at radius 2 is 2.04 bits per heavy atom. The average Bonchev–Trinajstić information content (AvgIpc) is 3.45. The van der Waals surface area contributed by atoms with Gasteiger partial charge in [0.1, 0.15) is 6.33 Å². The molecular weight excluding hydrogens is 338 g/mol. The number of amides is 1. The monoisotopic (exact) mass is 357 g/mol. The first-order valence-corrected chi connectivity index (χ1v) is 9.14. The lowest BCUT2D eigenvalue weighted by atomic mass is 9.99. The Hall–Kier alpha value is -3.28. The van der Waals surface area contributed by atoms with Crippen LogP contribution in [0, 0.1) is 0 Å². The maximum Gasteiger partial charge on any atom is 0.269 e. The highest BCUT2D eigenvalue weighted by Gasteiger charge is 2.30. The first-order chi connectivity index (χ1) is 13.1. The highest BCUT2D eigenvalue weighted by molar-refractivity contribution is 6.14. The third-order valence-corrected chi connectivity index (χ3v) is 5.25. The fourth-order valence-corrected chi connectivity index (χ4v) is 3.79. The molecule has 1 aliphatic carbocycles. The molecule has 5 rings (SSSR count). The lowest BCUT2D eigenvalue weighted by Crippen LogP contribution is -2.15. The van der Waals surface area contributed by atoms with E-state index in [2.05, 4.69) is 28.2 Å². The number of carbonyl (C=O) groups excluding carboxylic acids is 1. The molecule has 6 heteroatoms. The highest BCUT2D eigenvalue weighted by atomic mass is 16.1. The van der Waals surface area contributed by atoms with Gasteiger partial charge in [-0.3, -0.25) is 19.3 Å². The van der Waals surface area contributed by atoms with Crippen LogP contribution in [0.4, 0.5) is 0 Å². The van der Waals surface area contributed by atoms with Gasteiger partial charge in [0.15, 0.2) is 5.69 Å². The molecule has 0 radical (unpaired) electrons. The largest absolute Gasteiger partial charge is 0.364 e. The van der Waals surface area contributed by atoms with E-state index in [1.54, 1.807) is 12.5 Å². The topological polar surface area (TPSA) is 86.2 Å². The van der Waals surface area contributed by atoms with Crippen molar-refractivity contribution in [1.29, 1.82) is 0 Å². The summed E-state index contributed by atoms with van der Waals surface area (Å²) in [6, 6.07) is 12.0. The number of nitrogens with two attached hydrogens (primary N) is 1. The lowest BCUT2D eigenvalue weighted by Gasteiger charge is -2.13. The second kappa shape index (κ2) is 5.87. The molecule has 0 bridgehead atoms. The number of aliphatic imine (C=N–C) groups is 1. The Kier molecular flexibility index (Phi) is 3.47. The minimum absolute atomic E-state index is 0.269. The first kappa shape index (κ1) is 15.9. The van der Waals surface area contributed by atoms with Crippen molar-refractivity contribution in [2.24, 2.45) is 10.7 Å². The number of fused-ring (bicyclic) bond motifs is 3. The molecule has 3 heterocycles. The number of rotatable bonds is 3. The number of nitrogens with zero attached hydrogens (tertiary/aromatic N) is 4. The Morgan fingerprint density at radius 3 is 2.74 bits per heavy atom. The third kappa shape index (κ3) is 2.56. The van der Waals surface area contributed by atoms with Crippen LogP contribution in [0.25, 0.3) is 5.69 Å². The lowest BCUT2D eigenvalue weighted by molar-refractivity contribution is 0.0994. The van der Waals surface area contributed by atoms with Crippen LogP contribution in [0.3, 0.4) is 0 Å². The zero-order valence-electron chi connectivity index (χ0n) is 15.0. The van der Waals surface area contributed by atoms with Crippen LogP contribution in [-0.4, -0.2) is 26.2 Å². The maximum absolute atomic E-state index is 11.9. The van der Waals surface area contributed by atoms with Crippen LogP contribution in [0.15, 0.2) is 53.9 Å². The van der Waals surface area contributed by atoms with Crippen molar-refractivity contribution >= 4 is 11.6 Å². The van der Waals surface area contributed by atoms with E-state index in [1.807, 2.05) is 29.7 Å². The molecule has 1 atom stereocenters. The second-order valence-corrected chi connectivity index (χ2v) is 7.13. The molecule has 134 valence electrons. The Morgan fingerprint density at radius 1 is 1.19 bits per heavy atom. The molecule has 2 aromatic heterocycles. The normalized spacial score (nSPS) is 18.3. The summed E-state index contributed by atoms with van der Waals surface area (Å²) >= 11 is 0. The number of hydrogen-bond donors (Lipinski definition) is 1. The quantitative estimate of drug-likeness (QED) is 0.781. The molecule has 27 heavy (non-hydrogen) atoms. The SMILES string of the molecule is C[C@H]1N=C(c2ccccn2)c2cc(C3CC3)ccc2-n2cnc(C(N)=O)c21. The smallest absolute Gasteiger partial charge is 0.269 e. The summed E-state index contributed by atoms with van der Waals surface area (Å²) in [6.45, 7) is 1.95. The van der Waals surface area contributed by atoms with Crippen LogP contribution in [0.1, 0.15) is 64.7 Å². The Balaban J connectivity index is 1.80. The molecule has 0 unspecified atom stereocenters. The molecule has 1 fully saturated rings. The van der Waals surface area contributed by atoms with Crippen LogP contribution in [0.5, 0.6) is 0 Å². The summed E-state index contributed by atoms with van der Waals surface area (Å²) < 4.78 is 1.94. The second-order valence-electron chi connectivity index (χ2n) is 7.13. The van der Waals surface area contributed by atoms with E-state index in [0.29, 0.717) is 11.6 Å². The number of carbonyl (C=O) groups is 1. The van der Waals surface area contributed by atoms with E-state index in [1.165, 1.54) is 18.4 Å². The number of hydrogen-bond acceptors (Lipinski definition) is 4. The average molecular weight is 357 g/mol. The highest BCUT2D eigenvalue weighted by Crippen LogP contribution is 2.42. The van der Waals surface area contributed by atoms with Gasteiger partial charge in [0, 0.05) is 11.8 Å². The van der Waals surface area contributed by atoms with Crippen molar-refractivity contribution in [2.75, 3.05) is 0 Å². The molecule has 3 aromatic rings. The summed E-state index contributed by atoms with van der Waals surface area (Å²) in [4.78, 5) is 25.6. The van der Waals surface area contributed by atoms with E-state index >= 15 is 0 Å². The molecule has 2 N–H and O–H groups in total. The maximum atomic E-state index is 11.9. The summed E-state index contributed by atoms with van der Waals surface area (Å²) in [5.41, 5.74) is 11.5. The van der Waals surface area contributed by atoms with Crippen molar-refractivity contribution < 1.29 is 4.79 Å². The van der Waals surface area contributed by atoms with Gasteiger partial charge in [-0.2, -0.15) is 0 Å². The minimum Gasteiger partial charge on any atom is -0.364 e. The van der Waals surface area contributed by atoms with Crippen molar-refractivity contribution in [3.63, 3.8) is 0 Å². The molecule has 1 saturated carbocycles. The molecule has 6 nitrogen and oxygen atoms in total. The predicted molar refractivity (Wildman–Crippen MR) is 102 cm³/mol. The number of primary amides is 1. The fraction of sp³-hybridized carbons (Fsp3) is 0.238. The van der Waals surface area contributed by atoms with E-state index in [-0.39, 0.29) is 11.7 Å². The van der Waals surface area contributed by atoms with Crippen LogP contribution >= 0.6 is 0 Å². The van der Waals surface area contributed by atoms with E-state index in [4.69, 9.17) is 10.7 Å². The van der Waals surface area contributed by atoms with Crippen LogP contribution in [0.2, 0.25) is 0 Å². The van der Waals surface area contributed by atoms with Crippen LogP contribution < -0.4 is 5.73 Å². The van der Waals surface area contributed by atoms with Crippen molar-refractivity contribution in [2.45, 2.75) is 31.7 Å². The van der Waals surface area contributed by atoms with Gasteiger partial charge in [-0.1, -0.05) is 12.1 Å². The van der Waals surface area contributed by atoms with Gasteiger partial charge in [0.05, 0.1) is 28.8 Å². The number of imidazole rings is 1. The van der Waals surface area contributed by atoms with Crippen molar-refractivity contribution in [3.8, 4) is 5.69 Å². The predicted octanol–water partition coefficient (Wildman–Crippen LogP) is 3.16. The van der Waals surface area contributed by atoms with Gasteiger partial charge in [-0.25, -0.2) is 4.98 Å². The molecule has 1 amide bonds. The van der Waals surface area contributed by atoms with E-state index < -0.39 is 5.91 Å². The molecule has 1 aromatic carbocycles.